The summed E-state index contributed by atoms with van der Waals surface area (Å²) < 4.78 is 0. The molecule has 0 N–H and O–H groups in total. The first-order valence-electron chi connectivity index (χ1n) is 7.53. The Morgan fingerprint density at radius 2 is 1.11 bits per heavy atom. The molecular formula is C19H22. The van der Waals surface area contributed by atoms with Crippen LogP contribution in [0.1, 0.15) is 50.7 Å². The summed E-state index contributed by atoms with van der Waals surface area (Å²) in [6.07, 6.45) is 5.00. The van der Waals surface area contributed by atoms with E-state index in [0.717, 1.165) is 0 Å². The minimum Gasteiger partial charge on any atom is -0.0653 e. The molecule has 0 radical (unpaired) electrons. The van der Waals surface area contributed by atoms with Gasteiger partial charge >= 0.3 is 0 Å². The maximum absolute atomic E-state index is 2.35. The molecule has 0 aliphatic heterocycles. The Hall–Kier alpha value is -1.56. The summed E-state index contributed by atoms with van der Waals surface area (Å²) in [6, 6.07) is 18.0. The summed E-state index contributed by atoms with van der Waals surface area (Å²) in [7, 11) is 0. The normalized spacial score (nSPS) is 15.1. The second-order valence-corrected chi connectivity index (χ2v) is 5.67. The van der Waals surface area contributed by atoms with E-state index in [1.54, 1.807) is 11.1 Å². The van der Waals surface area contributed by atoms with E-state index in [4.69, 9.17) is 0 Å². The van der Waals surface area contributed by atoms with Crippen molar-refractivity contribution in [3.63, 3.8) is 0 Å². The summed E-state index contributed by atoms with van der Waals surface area (Å²) in [5.41, 5.74) is 6.29. The maximum atomic E-state index is 2.35. The Balaban J connectivity index is 2.28. The summed E-state index contributed by atoms with van der Waals surface area (Å²) in [6.45, 7) is 4.61. The number of hydrogen-bond donors (Lipinski definition) is 0. The Labute approximate surface area is 116 Å². The first-order chi connectivity index (χ1) is 9.33. The van der Waals surface area contributed by atoms with Crippen molar-refractivity contribution in [3.05, 3.63) is 59.7 Å². The fourth-order valence-electron chi connectivity index (χ4n) is 3.93. The van der Waals surface area contributed by atoms with E-state index in [-0.39, 0.29) is 5.41 Å². The number of rotatable bonds is 4. The molecule has 3 rings (SSSR count). The fraction of sp³-hybridized carbons (Fsp3) is 0.368. The van der Waals surface area contributed by atoms with Crippen molar-refractivity contribution in [2.45, 2.75) is 44.9 Å². The highest BCUT2D eigenvalue weighted by Crippen LogP contribution is 2.53. The molecule has 0 saturated carbocycles. The quantitative estimate of drug-likeness (QED) is 0.667. The van der Waals surface area contributed by atoms with E-state index in [1.165, 1.54) is 36.8 Å². The lowest BCUT2D eigenvalue weighted by Gasteiger charge is -2.31. The molecule has 0 saturated heterocycles. The second kappa shape index (κ2) is 4.85. The standard InChI is InChI=1S/C19H22/c1-3-13-19(14-4-2)17-11-7-5-9-15(17)16-10-6-8-12-18(16)19/h5-12H,3-4,13-14H2,1-2H3. The van der Waals surface area contributed by atoms with Crippen LogP contribution in [0.25, 0.3) is 11.1 Å². The molecule has 0 nitrogen and oxygen atoms in total. The smallest absolute Gasteiger partial charge is 0.0215 e. The van der Waals surface area contributed by atoms with E-state index in [9.17, 15) is 0 Å². The fourth-order valence-corrected chi connectivity index (χ4v) is 3.93. The first kappa shape index (κ1) is 12.5. The number of hydrogen-bond acceptors (Lipinski definition) is 0. The molecule has 19 heavy (non-hydrogen) atoms. The third kappa shape index (κ3) is 1.74. The molecule has 1 aliphatic rings. The second-order valence-electron chi connectivity index (χ2n) is 5.67. The summed E-state index contributed by atoms with van der Waals surface area (Å²) in [5, 5.41) is 0. The van der Waals surface area contributed by atoms with Crippen molar-refractivity contribution in [1.82, 2.24) is 0 Å². The summed E-state index contributed by atoms with van der Waals surface area (Å²) in [4.78, 5) is 0. The lowest BCUT2D eigenvalue weighted by atomic mass is 9.71. The van der Waals surface area contributed by atoms with Gasteiger partial charge in [0.05, 0.1) is 0 Å². The molecule has 0 spiro atoms. The zero-order valence-corrected chi connectivity index (χ0v) is 11.9. The van der Waals surface area contributed by atoms with Gasteiger partial charge in [-0.1, -0.05) is 75.2 Å². The van der Waals surface area contributed by atoms with Crippen molar-refractivity contribution in [3.8, 4) is 11.1 Å². The van der Waals surface area contributed by atoms with Crippen molar-refractivity contribution >= 4 is 0 Å². The SMILES string of the molecule is CCCC1(CCC)c2ccccc2-c2ccccc21. The molecule has 1 aliphatic carbocycles. The number of benzene rings is 2. The molecule has 0 bridgehead atoms. The van der Waals surface area contributed by atoms with Crippen LogP contribution in [0.4, 0.5) is 0 Å². The van der Waals surface area contributed by atoms with Crippen molar-refractivity contribution in [1.29, 1.82) is 0 Å². The van der Waals surface area contributed by atoms with E-state index < -0.39 is 0 Å². The predicted octanol–water partition coefficient (Wildman–Crippen LogP) is 5.55. The molecule has 2 aromatic carbocycles. The molecule has 0 heterocycles. The molecular weight excluding hydrogens is 228 g/mol. The molecule has 0 atom stereocenters. The topological polar surface area (TPSA) is 0 Å². The van der Waals surface area contributed by atoms with E-state index >= 15 is 0 Å². The van der Waals surface area contributed by atoms with Gasteiger partial charge in [0.25, 0.3) is 0 Å². The third-order valence-electron chi connectivity index (χ3n) is 4.53. The van der Waals surface area contributed by atoms with Crippen molar-refractivity contribution < 1.29 is 0 Å². The van der Waals surface area contributed by atoms with Gasteiger partial charge in [0.15, 0.2) is 0 Å². The van der Waals surface area contributed by atoms with Crippen LogP contribution in [0.2, 0.25) is 0 Å². The molecule has 0 heteroatoms. The molecule has 98 valence electrons. The highest BCUT2D eigenvalue weighted by atomic mass is 14.4. The minimum absolute atomic E-state index is 0.261. The third-order valence-corrected chi connectivity index (χ3v) is 4.53. The van der Waals surface area contributed by atoms with Gasteiger partial charge in [-0.2, -0.15) is 0 Å². The summed E-state index contributed by atoms with van der Waals surface area (Å²) >= 11 is 0. The van der Waals surface area contributed by atoms with Crippen LogP contribution in [-0.4, -0.2) is 0 Å². The minimum atomic E-state index is 0.261. The van der Waals surface area contributed by atoms with Crippen LogP contribution in [0.15, 0.2) is 48.5 Å². The molecule has 0 unspecified atom stereocenters. The van der Waals surface area contributed by atoms with Crippen LogP contribution in [0.5, 0.6) is 0 Å². The van der Waals surface area contributed by atoms with Gasteiger partial charge in [-0.25, -0.2) is 0 Å². The van der Waals surface area contributed by atoms with Gasteiger partial charge in [-0.15, -0.1) is 0 Å². The van der Waals surface area contributed by atoms with Gasteiger partial charge in [-0.05, 0) is 35.1 Å². The lowest BCUT2D eigenvalue weighted by Crippen LogP contribution is -2.24. The Kier molecular flexibility index (Phi) is 3.18. The van der Waals surface area contributed by atoms with Crippen LogP contribution >= 0.6 is 0 Å². The zero-order chi connectivity index (χ0) is 13.3. The molecule has 0 amide bonds. The van der Waals surface area contributed by atoms with Crippen molar-refractivity contribution in [2.24, 2.45) is 0 Å². The Bertz CT molecular complexity index is 527. The summed E-state index contributed by atoms with van der Waals surface area (Å²) in [5.74, 6) is 0. The van der Waals surface area contributed by atoms with Gasteiger partial charge in [0.2, 0.25) is 0 Å². The van der Waals surface area contributed by atoms with Gasteiger partial charge in [0, 0.05) is 5.41 Å². The average molecular weight is 250 g/mol. The van der Waals surface area contributed by atoms with Crippen LogP contribution in [0, 0.1) is 0 Å². The predicted molar refractivity (Wildman–Crippen MR) is 82.5 cm³/mol. The van der Waals surface area contributed by atoms with Crippen LogP contribution in [-0.2, 0) is 5.41 Å². The van der Waals surface area contributed by atoms with Crippen LogP contribution in [0.3, 0.4) is 0 Å². The Morgan fingerprint density at radius 1 is 0.684 bits per heavy atom. The van der Waals surface area contributed by atoms with Gasteiger partial charge < -0.3 is 0 Å². The molecule has 0 fully saturated rings. The average Bonchev–Trinajstić information content (AvgIpc) is 2.72. The number of fused-ring (bicyclic) bond motifs is 3. The van der Waals surface area contributed by atoms with Crippen LogP contribution < -0.4 is 0 Å². The highest BCUT2D eigenvalue weighted by Gasteiger charge is 2.40. The Morgan fingerprint density at radius 3 is 1.53 bits per heavy atom. The monoisotopic (exact) mass is 250 g/mol. The van der Waals surface area contributed by atoms with E-state index in [2.05, 4.69) is 62.4 Å². The van der Waals surface area contributed by atoms with Gasteiger partial charge in [-0.3, -0.25) is 0 Å². The van der Waals surface area contributed by atoms with E-state index in [0.29, 0.717) is 0 Å². The lowest BCUT2D eigenvalue weighted by molar-refractivity contribution is 0.436. The largest absolute Gasteiger partial charge is 0.0653 e. The van der Waals surface area contributed by atoms with E-state index in [1.807, 2.05) is 0 Å². The maximum Gasteiger partial charge on any atom is 0.0215 e. The first-order valence-corrected chi connectivity index (χ1v) is 7.53. The van der Waals surface area contributed by atoms with Crippen molar-refractivity contribution in [2.75, 3.05) is 0 Å². The zero-order valence-electron chi connectivity index (χ0n) is 11.9. The van der Waals surface area contributed by atoms with Gasteiger partial charge in [0.1, 0.15) is 0 Å². The highest BCUT2D eigenvalue weighted by molar-refractivity contribution is 5.80. The molecule has 2 aromatic rings. The molecule has 0 aromatic heterocycles.